The molecule has 0 aliphatic rings. The molecule has 17 heavy (non-hydrogen) atoms. The minimum Gasteiger partial charge on any atom is -0.422 e. The molecule has 0 saturated heterocycles. The summed E-state index contributed by atoms with van der Waals surface area (Å²) in [5, 5.41) is 18.5. The summed E-state index contributed by atoms with van der Waals surface area (Å²) in [7, 11) is 0. The van der Waals surface area contributed by atoms with Gasteiger partial charge in [-0.15, -0.1) is 5.10 Å². The summed E-state index contributed by atoms with van der Waals surface area (Å²) in [6, 6.07) is 4.65. The van der Waals surface area contributed by atoms with Crippen molar-refractivity contribution in [1.29, 1.82) is 0 Å². The minimum absolute atomic E-state index is 0.0954. The molecule has 0 fully saturated rings. The molecule has 0 atom stereocenters. The van der Waals surface area contributed by atoms with Crippen molar-refractivity contribution in [3.8, 4) is 10.9 Å². The fourth-order valence-corrected chi connectivity index (χ4v) is 2.12. The molecule has 1 aromatic heterocycles. The van der Waals surface area contributed by atoms with Crippen LogP contribution in [-0.2, 0) is 0 Å². The fourth-order valence-electron chi connectivity index (χ4n) is 1.18. The van der Waals surface area contributed by atoms with E-state index in [1.807, 2.05) is 6.92 Å². The van der Waals surface area contributed by atoms with Crippen LogP contribution in [0.15, 0.2) is 22.1 Å². The molecule has 2 rings (SSSR count). The van der Waals surface area contributed by atoms with Crippen LogP contribution in [0.3, 0.4) is 0 Å². The van der Waals surface area contributed by atoms with Gasteiger partial charge in [-0.1, -0.05) is 11.2 Å². The summed E-state index contributed by atoms with van der Waals surface area (Å²) in [5.74, 6) is 0.165. The second-order valence-corrected chi connectivity index (χ2v) is 5.37. The van der Waals surface area contributed by atoms with Gasteiger partial charge in [0.25, 0.3) is 0 Å². The van der Waals surface area contributed by atoms with Crippen molar-refractivity contribution in [3.05, 3.63) is 37.8 Å². The maximum atomic E-state index is 10.8. The molecule has 0 N–H and O–H groups in total. The summed E-state index contributed by atoms with van der Waals surface area (Å²) in [5.41, 5.74) is 0.774. The lowest BCUT2D eigenvalue weighted by Gasteiger charge is -2.03. The Bertz CT molecular complexity index is 572. The Morgan fingerprint density at radius 1 is 1.47 bits per heavy atom. The predicted molar refractivity (Wildman–Crippen MR) is 65.5 cm³/mol. The van der Waals surface area contributed by atoms with E-state index < -0.39 is 4.92 Å². The molecule has 0 aliphatic heterocycles. The first-order valence-electron chi connectivity index (χ1n) is 4.48. The number of nitrogens with zero attached hydrogens (tertiary/aromatic N) is 3. The predicted octanol–water partition coefficient (Wildman–Crippen LogP) is 3.31. The largest absolute Gasteiger partial charge is 0.422 e. The highest BCUT2D eigenvalue weighted by Gasteiger charge is 2.17. The van der Waals surface area contributed by atoms with Gasteiger partial charge in [0.2, 0.25) is 5.75 Å². The van der Waals surface area contributed by atoms with Gasteiger partial charge in [-0.2, -0.15) is 0 Å². The van der Waals surface area contributed by atoms with Crippen molar-refractivity contribution in [2.75, 3.05) is 0 Å². The third-order valence-electron chi connectivity index (χ3n) is 1.89. The highest BCUT2D eigenvalue weighted by Crippen LogP contribution is 2.34. The molecule has 6 nitrogen and oxygen atoms in total. The van der Waals surface area contributed by atoms with Crippen molar-refractivity contribution in [2.45, 2.75) is 6.92 Å². The molecule has 0 radical (unpaired) electrons. The van der Waals surface area contributed by atoms with Gasteiger partial charge in [0.05, 0.1) is 4.92 Å². The lowest BCUT2D eigenvalue weighted by Crippen LogP contribution is -1.93. The Balaban J connectivity index is 2.37. The first-order valence-corrected chi connectivity index (χ1v) is 6.09. The number of rotatable bonds is 3. The summed E-state index contributed by atoms with van der Waals surface area (Å²) in [6.07, 6.45) is 0. The van der Waals surface area contributed by atoms with Crippen LogP contribution in [0.25, 0.3) is 0 Å². The van der Waals surface area contributed by atoms with Crippen molar-refractivity contribution in [3.63, 3.8) is 0 Å². The van der Waals surface area contributed by atoms with E-state index in [1.54, 1.807) is 12.1 Å². The van der Waals surface area contributed by atoms with Gasteiger partial charge in [0.1, 0.15) is 0 Å². The van der Waals surface area contributed by atoms with Crippen LogP contribution in [0, 0.1) is 17.0 Å². The Hall–Kier alpha value is -1.54. The van der Waals surface area contributed by atoms with Gasteiger partial charge in [-0.3, -0.25) is 10.1 Å². The summed E-state index contributed by atoms with van der Waals surface area (Å²) < 4.78 is 5.90. The number of hydrogen-bond donors (Lipinski definition) is 0. The molecular formula is C9H6BrN3O3S. The van der Waals surface area contributed by atoms with E-state index in [9.17, 15) is 10.1 Å². The number of nitro groups is 1. The first-order chi connectivity index (χ1) is 8.06. The molecule has 8 heteroatoms. The van der Waals surface area contributed by atoms with Gasteiger partial charge in [-0.05, 0) is 45.8 Å². The SMILES string of the molecule is Cc1ccc([N+](=O)[O-])c(Oc2nnc(Br)s2)c1. The lowest BCUT2D eigenvalue weighted by molar-refractivity contribution is -0.385. The number of aromatic nitrogens is 2. The van der Waals surface area contributed by atoms with Crippen molar-refractivity contribution >= 4 is 33.0 Å². The van der Waals surface area contributed by atoms with Gasteiger partial charge in [0.15, 0.2) is 3.92 Å². The number of halogens is 1. The molecule has 1 aromatic carbocycles. The number of benzene rings is 1. The van der Waals surface area contributed by atoms with E-state index in [-0.39, 0.29) is 16.6 Å². The van der Waals surface area contributed by atoms with E-state index in [2.05, 4.69) is 26.1 Å². The van der Waals surface area contributed by atoms with Crippen molar-refractivity contribution < 1.29 is 9.66 Å². The van der Waals surface area contributed by atoms with Gasteiger partial charge >= 0.3 is 10.9 Å². The third kappa shape index (κ3) is 2.77. The van der Waals surface area contributed by atoms with Crippen LogP contribution in [0.1, 0.15) is 5.56 Å². The van der Waals surface area contributed by atoms with Crippen LogP contribution < -0.4 is 4.74 Å². The summed E-state index contributed by atoms with van der Waals surface area (Å²) in [4.78, 5) is 10.3. The fraction of sp³-hybridized carbons (Fsp3) is 0.111. The second kappa shape index (κ2) is 4.76. The summed E-state index contributed by atoms with van der Waals surface area (Å²) in [6.45, 7) is 1.83. The molecule has 0 bridgehead atoms. The van der Waals surface area contributed by atoms with Crippen LogP contribution in [-0.4, -0.2) is 15.1 Å². The van der Waals surface area contributed by atoms with Gasteiger partial charge in [-0.25, -0.2) is 0 Å². The zero-order chi connectivity index (χ0) is 12.4. The Labute approximate surface area is 109 Å². The normalized spacial score (nSPS) is 10.2. The minimum atomic E-state index is -0.495. The van der Waals surface area contributed by atoms with E-state index >= 15 is 0 Å². The Kier molecular flexibility index (Phi) is 3.34. The standard InChI is InChI=1S/C9H6BrN3O3S/c1-5-2-3-6(13(14)15)7(4-5)16-9-12-11-8(10)17-9/h2-4H,1H3. The molecule has 0 amide bonds. The highest BCUT2D eigenvalue weighted by molar-refractivity contribution is 9.11. The quantitative estimate of drug-likeness (QED) is 0.641. The average molecular weight is 316 g/mol. The Morgan fingerprint density at radius 3 is 2.82 bits per heavy atom. The molecule has 1 heterocycles. The van der Waals surface area contributed by atoms with Gasteiger partial charge < -0.3 is 4.74 Å². The Morgan fingerprint density at radius 2 is 2.24 bits per heavy atom. The van der Waals surface area contributed by atoms with Crippen molar-refractivity contribution in [1.82, 2.24) is 10.2 Å². The second-order valence-electron chi connectivity index (χ2n) is 3.15. The van der Waals surface area contributed by atoms with E-state index in [0.29, 0.717) is 3.92 Å². The number of aryl methyl sites for hydroxylation is 1. The van der Waals surface area contributed by atoms with E-state index in [4.69, 9.17) is 4.74 Å². The zero-order valence-electron chi connectivity index (χ0n) is 8.58. The summed E-state index contributed by atoms with van der Waals surface area (Å²) >= 11 is 4.30. The van der Waals surface area contributed by atoms with Crippen molar-refractivity contribution in [2.24, 2.45) is 0 Å². The number of ether oxygens (including phenoxy) is 1. The molecule has 2 aromatic rings. The highest BCUT2D eigenvalue weighted by atomic mass is 79.9. The maximum absolute atomic E-state index is 10.8. The first kappa shape index (κ1) is 11.9. The van der Waals surface area contributed by atoms with E-state index in [0.717, 1.165) is 16.9 Å². The molecule has 0 aliphatic carbocycles. The average Bonchev–Trinajstić information content (AvgIpc) is 2.63. The maximum Gasteiger partial charge on any atom is 0.311 e. The van der Waals surface area contributed by atoms with Crippen LogP contribution in [0.2, 0.25) is 0 Å². The number of hydrogen-bond acceptors (Lipinski definition) is 6. The smallest absolute Gasteiger partial charge is 0.311 e. The molecular weight excluding hydrogens is 310 g/mol. The molecule has 88 valence electrons. The monoisotopic (exact) mass is 315 g/mol. The molecule has 0 spiro atoms. The molecule has 0 unspecified atom stereocenters. The van der Waals surface area contributed by atoms with Crippen LogP contribution in [0.5, 0.6) is 10.9 Å². The number of nitro benzene ring substituents is 1. The van der Waals surface area contributed by atoms with Gasteiger partial charge in [0, 0.05) is 6.07 Å². The molecule has 0 saturated carbocycles. The lowest BCUT2D eigenvalue weighted by atomic mass is 10.2. The topological polar surface area (TPSA) is 78.2 Å². The third-order valence-corrected chi connectivity index (χ3v) is 3.12. The van der Waals surface area contributed by atoms with E-state index in [1.165, 1.54) is 6.07 Å². The van der Waals surface area contributed by atoms with Crippen LogP contribution in [0.4, 0.5) is 5.69 Å². The van der Waals surface area contributed by atoms with Crippen LogP contribution >= 0.6 is 27.3 Å². The zero-order valence-corrected chi connectivity index (χ0v) is 11.0.